The van der Waals surface area contributed by atoms with Crippen LogP contribution in [0.15, 0.2) is 0 Å². The van der Waals surface area contributed by atoms with Gasteiger partial charge in [0, 0.05) is 18.9 Å². The van der Waals surface area contributed by atoms with Crippen molar-refractivity contribution in [1.82, 2.24) is 9.97 Å². The van der Waals surface area contributed by atoms with Gasteiger partial charge in [-0.1, -0.05) is 0 Å². The monoisotopic (exact) mass is 193 g/mol. The topological polar surface area (TPSA) is 76.3 Å². The first-order chi connectivity index (χ1) is 5.99. The van der Waals surface area contributed by atoms with Crippen molar-refractivity contribution in [2.24, 2.45) is 0 Å². The molecule has 0 aromatic carbocycles. The van der Waals surface area contributed by atoms with Crippen molar-refractivity contribution in [3.8, 4) is 12.1 Å². The minimum atomic E-state index is -4.67. The molecule has 0 spiro atoms. The molecular weight excluding hydrogens is 192 g/mol. The van der Waals surface area contributed by atoms with Crippen LogP contribution in [0.25, 0.3) is 0 Å². The average Bonchev–Trinajstić information content (AvgIpc) is 2.45. The van der Waals surface area contributed by atoms with E-state index >= 15 is 0 Å². The van der Waals surface area contributed by atoms with Gasteiger partial charge in [-0.2, -0.15) is 23.7 Å². The van der Waals surface area contributed by atoms with Crippen molar-refractivity contribution < 1.29 is 13.2 Å². The van der Waals surface area contributed by atoms with Crippen LogP contribution in [0.4, 0.5) is 13.2 Å². The van der Waals surface area contributed by atoms with Gasteiger partial charge < -0.3 is 4.98 Å². The van der Waals surface area contributed by atoms with Crippen molar-refractivity contribution in [3.63, 3.8) is 0 Å². The number of nitriles is 2. The Morgan fingerprint density at radius 2 is 1.79 bits per heavy atom. The Hall–Kier alpha value is -1.42. The minimum Gasteiger partial charge on any atom is -0.325 e. The molecule has 0 aliphatic heterocycles. The van der Waals surface area contributed by atoms with Gasteiger partial charge in [0.2, 0.25) is 5.82 Å². The molecule has 0 saturated heterocycles. The molecule has 1 N–H and O–H groups in total. The fourth-order valence-corrected chi connectivity index (χ4v) is 0.669. The summed E-state index contributed by atoms with van der Waals surface area (Å²) in [5.41, 5.74) is -1.02. The Morgan fingerprint density at radius 1 is 1.21 bits per heavy atom. The van der Waals surface area contributed by atoms with Crippen LogP contribution in [0.5, 0.6) is 0 Å². The molecule has 0 aliphatic carbocycles. The molecule has 0 aliphatic rings. The largest absolute Gasteiger partial charge is 0.449 e. The summed E-state index contributed by atoms with van der Waals surface area (Å²) in [5, 5.41) is 16.6. The van der Waals surface area contributed by atoms with Crippen LogP contribution >= 0.6 is 0 Å². The molecule has 0 unspecified atom stereocenters. The Kier molecular flexibility index (Phi) is 3.77. The number of aromatic amines is 1. The van der Waals surface area contributed by atoms with Crippen LogP contribution in [0.1, 0.15) is 17.2 Å². The number of imidazole rings is 1. The molecule has 1 heterocycles. The van der Waals surface area contributed by atoms with Gasteiger partial charge in [-0.25, -0.2) is 4.98 Å². The Balaban J connectivity index is 0.00000169. The summed E-state index contributed by atoms with van der Waals surface area (Å²) in [5.74, 6) is -1.33. The molecule has 0 bridgehead atoms. The SMILES string of the molecule is N#Cc1nc(C(F)(F)F)[nH]c1C#N.[Li]. The number of nitrogens with zero attached hydrogens (tertiary/aromatic N) is 3. The molecule has 1 aromatic rings. The van der Waals surface area contributed by atoms with E-state index in [-0.39, 0.29) is 18.9 Å². The summed E-state index contributed by atoms with van der Waals surface area (Å²) in [6.45, 7) is 0. The normalized spacial score (nSPS) is 9.79. The molecule has 1 radical (unpaired) electrons. The summed E-state index contributed by atoms with van der Waals surface area (Å²) < 4.78 is 35.8. The Bertz CT molecular complexity index is 377. The third-order valence-corrected chi connectivity index (χ3v) is 1.19. The van der Waals surface area contributed by atoms with E-state index in [1.807, 2.05) is 0 Å². The van der Waals surface area contributed by atoms with Crippen LogP contribution in [0.2, 0.25) is 0 Å². The molecule has 0 fully saturated rings. The van der Waals surface area contributed by atoms with Crippen LogP contribution < -0.4 is 0 Å². The first-order valence-corrected chi connectivity index (χ1v) is 2.96. The molecule has 0 atom stereocenters. The fourth-order valence-electron chi connectivity index (χ4n) is 0.669. The molecule has 1 aromatic heterocycles. The maximum Gasteiger partial charge on any atom is 0.449 e. The van der Waals surface area contributed by atoms with Gasteiger partial charge >= 0.3 is 6.18 Å². The van der Waals surface area contributed by atoms with Crippen LogP contribution in [-0.4, -0.2) is 28.8 Å². The van der Waals surface area contributed by atoms with Crippen LogP contribution in [0, 0.1) is 22.7 Å². The van der Waals surface area contributed by atoms with Crippen LogP contribution in [0.3, 0.4) is 0 Å². The van der Waals surface area contributed by atoms with Crippen molar-refractivity contribution >= 4 is 18.9 Å². The Morgan fingerprint density at radius 3 is 2.07 bits per heavy atom. The van der Waals surface area contributed by atoms with Gasteiger partial charge in [0.15, 0.2) is 11.4 Å². The number of aromatic nitrogens is 2. The second-order valence-electron chi connectivity index (χ2n) is 2.03. The van der Waals surface area contributed by atoms with Gasteiger partial charge in [0.1, 0.15) is 12.1 Å². The van der Waals surface area contributed by atoms with E-state index in [2.05, 4.69) is 4.98 Å². The van der Waals surface area contributed by atoms with E-state index < -0.39 is 23.4 Å². The van der Waals surface area contributed by atoms with E-state index in [4.69, 9.17) is 10.5 Å². The molecule has 0 saturated carbocycles. The van der Waals surface area contributed by atoms with Crippen LogP contribution in [-0.2, 0) is 6.18 Å². The van der Waals surface area contributed by atoms with E-state index in [1.54, 1.807) is 4.98 Å². The molecule has 67 valence electrons. The quantitative estimate of drug-likeness (QED) is 0.618. The molecule has 0 amide bonds. The van der Waals surface area contributed by atoms with Gasteiger partial charge in [-0.05, 0) is 0 Å². The maximum absolute atomic E-state index is 11.9. The molecule has 8 heteroatoms. The van der Waals surface area contributed by atoms with Crippen molar-refractivity contribution in [2.45, 2.75) is 6.18 Å². The van der Waals surface area contributed by atoms with E-state index in [0.717, 1.165) is 0 Å². The van der Waals surface area contributed by atoms with E-state index in [0.29, 0.717) is 0 Å². The fraction of sp³-hybridized carbons (Fsp3) is 0.167. The van der Waals surface area contributed by atoms with Crippen molar-refractivity contribution in [2.75, 3.05) is 0 Å². The second kappa shape index (κ2) is 4.19. The number of rotatable bonds is 0. The summed E-state index contributed by atoms with van der Waals surface area (Å²) in [6.07, 6.45) is -4.67. The summed E-state index contributed by atoms with van der Waals surface area (Å²) in [6, 6.07) is 2.77. The van der Waals surface area contributed by atoms with Gasteiger partial charge in [-0.3, -0.25) is 0 Å². The standard InChI is InChI=1S/C6HF3N4.Li/c7-6(8,9)5-12-3(1-10)4(2-11)13-5;/h(H,12,13);. The minimum absolute atomic E-state index is 0. The van der Waals surface area contributed by atoms with Gasteiger partial charge in [0.25, 0.3) is 0 Å². The Labute approximate surface area is 88.5 Å². The third-order valence-electron chi connectivity index (χ3n) is 1.19. The first kappa shape index (κ1) is 12.6. The number of hydrogen-bond donors (Lipinski definition) is 1. The maximum atomic E-state index is 11.9. The van der Waals surface area contributed by atoms with Gasteiger partial charge in [0.05, 0.1) is 0 Å². The summed E-state index contributed by atoms with van der Waals surface area (Å²) in [4.78, 5) is 4.61. The number of H-pyrrole nitrogens is 1. The predicted octanol–water partition coefficient (Wildman–Crippen LogP) is 0.791. The molecule has 14 heavy (non-hydrogen) atoms. The first-order valence-electron chi connectivity index (χ1n) is 2.96. The summed E-state index contributed by atoms with van der Waals surface area (Å²) >= 11 is 0. The summed E-state index contributed by atoms with van der Waals surface area (Å²) in [7, 11) is 0. The second-order valence-corrected chi connectivity index (χ2v) is 2.03. The zero-order valence-corrected chi connectivity index (χ0v) is 6.98. The molecule has 1 rings (SSSR count). The number of hydrogen-bond acceptors (Lipinski definition) is 3. The van der Waals surface area contributed by atoms with Gasteiger partial charge in [-0.15, -0.1) is 0 Å². The molecule has 4 nitrogen and oxygen atoms in total. The smallest absolute Gasteiger partial charge is 0.325 e. The number of halogens is 3. The van der Waals surface area contributed by atoms with Crippen molar-refractivity contribution in [3.05, 3.63) is 17.2 Å². The molecular formula is C6HF3LiN4. The number of nitrogens with one attached hydrogen (secondary N) is 1. The van der Waals surface area contributed by atoms with E-state index in [1.165, 1.54) is 12.1 Å². The zero-order chi connectivity index (χ0) is 10.1. The average molecular weight is 193 g/mol. The third kappa shape index (κ3) is 2.29. The van der Waals surface area contributed by atoms with Crippen molar-refractivity contribution in [1.29, 1.82) is 10.5 Å². The predicted molar refractivity (Wildman–Crippen MR) is 38.8 cm³/mol. The van der Waals surface area contributed by atoms with E-state index in [9.17, 15) is 13.2 Å². The zero-order valence-electron chi connectivity index (χ0n) is 6.98. The number of alkyl halides is 3.